The molecule has 0 saturated carbocycles. The zero-order chi connectivity index (χ0) is 25.9. The van der Waals surface area contributed by atoms with Crippen LogP contribution in [-0.2, 0) is 0 Å². The summed E-state index contributed by atoms with van der Waals surface area (Å²) in [5.41, 5.74) is 2.80. The Morgan fingerprint density at radius 2 is 1.49 bits per heavy atom. The highest BCUT2D eigenvalue weighted by atomic mass is 35.5. The fraction of sp³-hybridized carbons (Fsp3) is 0.143. The van der Waals surface area contributed by atoms with Crippen LogP contribution < -0.4 is 10.2 Å². The van der Waals surface area contributed by atoms with Crippen molar-refractivity contribution in [3.05, 3.63) is 105 Å². The summed E-state index contributed by atoms with van der Waals surface area (Å²) in [6.07, 6.45) is 0. The molecule has 1 aromatic heterocycles. The summed E-state index contributed by atoms with van der Waals surface area (Å²) >= 11 is 18.2. The molecule has 0 aliphatic carbocycles. The molecule has 1 N–H and O–H groups in total. The number of anilines is 2. The number of furan rings is 1. The van der Waals surface area contributed by atoms with Crippen molar-refractivity contribution in [1.82, 2.24) is 4.90 Å². The number of benzene rings is 3. The second kappa shape index (κ2) is 10.9. The van der Waals surface area contributed by atoms with Crippen LogP contribution in [0.4, 0.5) is 11.4 Å². The molecule has 5 rings (SSSR count). The lowest BCUT2D eigenvalue weighted by Gasteiger charge is -2.37. The second-order valence-corrected chi connectivity index (χ2v) is 9.83. The Kier molecular flexibility index (Phi) is 7.42. The van der Waals surface area contributed by atoms with E-state index in [1.54, 1.807) is 54.6 Å². The highest BCUT2D eigenvalue weighted by molar-refractivity contribution is 6.36. The van der Waals surface area contributed by atoms with Crippen LogP contribution in [0.15, 0.2) is 83.3 Å². The lowest BCUT2D eigenvalue weighted by molar-refractivity contribution is 0.0746. The van der Waals surface area contributed by atoms with Gasteiger partial charge in [0.2, 0.25) is 0 Å². The SMILES string of the molecule is O=C(Nc1ccccc1N1CCN(C(=O)c2ccc(Cl)cc2)CC1)c1ccc(-c2ccc(Cl)cc2Cl)o1. The van der Waals surface area contributed by atoms with Gasteiger partial charge in [-0.05, 0) is 66.7 Å². The predicted octanol–water partition coefficient (Wildman–Crippen LogP) is 7.12. The van der Waals surface area contributed by atoms with Crippen LogP contribution in [0.1, 0.15) is 20.9 Å². The molecule has 37 heavy (non-hydrogen) atoms. The number of para-hydroxylation sites is 2. The van der Waals surface area contributed by atoms with Crippen molar-refractivity contribution < 1.29 is 14.0 Å². The van der Waals surface area contributed by atoms with E-state index >= 15 is 0 Å². The molecule has 9 heteroatoms. The Balaban J connectivity index is 1.26. The number of halogens is 3. The van der Waals surface area contributed by atoms with Crippen LogP contribution in [0.5, 0.6) is 0 Å². The summed E-state index contributed by atoms with van der Waals surface area (Å²) in [6.45, 7) is 2.39. The maximum Gasteiger partial charge on any atom is 0.291 e. The van der Waals surface area contributed by atoms with Crippen molar-refractivity contribution in [3.8, 4) is 11.3 Å². The van der Waals surface area contributed by atoms with Crippen LogP contribution in [0.3, 0.4) is 0 Å². The Bertz CT molecular complexity index is 1440. The summed E-state index contributed by atoms with van der Waals surface area (Å²) < 4.78 is 5.79. The minimum Gasteiger partial charge on any atom is -0.451 e. The van der Waals surface area contributed by atoms with E-state index in [0.717, 1.165) is 5.69 Å². The van der Waals surface area contributed by atoms with Gasteiger partial charge in [-0.3, -0.25) is 9.59 Å². The van der Waals surface area contributed by atoms with Gasteiger partial charge in [-0.2, -0.15) is 0 Å². The lowest BCUT2D eigenvalue weighted by atomic mass is 10.1. The Morgan fingerprint density at radius 3 is 2.22 bits per heavy atom. The third-order valence-corrected chi connectivity index (χ3v) is 6.98. The summed E-state index contributed by atoms with van der Waals surface area (Å²) in [7, 11) is 0. The normalized spacial score (nSPS) is 13.5. The number of nitrogens with zero attached hydrogens (tertiary/aromatic N) is 2. The Morgan fingerprint density at radius 1 is 0.784 bits per heavy atom. The zero-order valence-corrected chi connectivity index (χ0v) is 21.9. The van der Waals surface area contributed by atoms with Gasteiger partial charge in [0, 0.05) is 47.4 Å². The van der Waals surface area contributed by atoms with Crippen molar-refractivity contribution in [2.45, 2.75) is 0 Å². The molecular formula is C28H22Cl3N3O3. The predicted molar refractivity (Wildman–Crippen MR) is 148 cm³/mol. The van der Waals surface area contributed by atoms with E-state index in [2.05, 4.69) is 10.2 Å². The first-order valence-electron chi connectivity index (χ1n) is 11.6. The maximum atomic E-state index is 13.0. The maximum absolute atomic E-state index is 13.0. The van der Waals surface area contributed by atoms with Crippen molar-refractivity contribution >= 4 is 58.0 Å². The molecule has 1 aliphatic rings. The molecule has 3 aromatic carbocycles. The third kappa shape index (κ3) is 5.62. The van der Waals surface area contributed by atoms with Crippen LogP contribution in [0, 0.1) is 0 Å². The quantitative estimate of drug-likeness (QED) is 0.285. The molecule has 6 nitrogen and oxygen atoms in total. The molecule has 0 atom stereocenters. The number of carbonyl (C=O) groups excluding carboxylic acids is 2. The largest absolute Gasteiger partial charge is 0.451 e. The number of hydrogen-bond donors (Lipinski definition) is 1. The number of piperazine rings is 1. The van der Waals surface area contributed by atoms with E-state index in [-0.39, 0.29) is 17.6 Å². The van der Waals surface area contributed by atoms with Crippen LogP contribution >= 0.6 is 34.8 Å². The average molecular weight is 555 g/mol. The number of carbonyl (C=O) groups is 2. The van der Waals surface area contributed by atoms with Crippen LogP contribution in [0.25, 0.3) is 11.3 Å². The smallest absolute Gasteiger partial charge is 0.291 e. The molecule has 1 saturated heterocycles. The first-order chi connectivity index (χ1) is 17.9. The number of amides is 2. The van der Waals surface area contributed by atoms with Gasteiger partial charge in [0.05, 0.1) is 16.4 Å². The minimum atomic E-state index is -0.375. The topological polar surface area (TPSA) is 65.8 Å². The third-order valence-electron chi connectivity index (χ3n) is 6.18. The standard InChI is InChI=1S/C28H22Cl3N3O3/c29-19-7-5-18(6-8-19)28(36)34-15-13-33(14-16-34)24-4-2-1-3-23(24)32-27(35)26-12-11-25(37-26)21-10-9-20(30)17-22(21)31/h1-12,17H,13-16H2,(H,32,35). The average Bonchev–Trinajstić information content (AvgIpc) is 3.39. The first kappa shape index (κ1) is 25.2. The lowest BCUT2D eigenvalue weighted by Crippen LogP contribution is -2.49. The fourth-order valence-corrected chi connectivity index (χ4v) is 4.89. The van der Waals surface area contributed by atoms with Crippen molar-refractivity contribution in [3.63, 3.8) is 0 Å². The van der Waals surface area contributed by atoms with E-state index in [1.807, 2.05) is 29.2 Å². The number of rotatable bonds is 5. The second-order valence-electron chi connectivity index (χ2n) is 8.55. The monoisotopic (exact) mass is 553 g/mol. The summed E-state index contributed by atoms with van der Waals surface area (Å²) in [5.74, 6) is 0.239. The van der Waals surface area contributed by atoms with Gasteiger partial charge in [-0.1, -0.05) is 46.9 Å². The highest BCUT2D eigenvalue weighted by Gasteiger charge is 2.24. The zero-order valence-electron chi connectivity index (χ0n) is 19.6. The Labute approximate surface area is 229 Å². The van der Waals surface area contributed by atoms with Crippen molar-refractivity contribution in [2.75, 3.05) is 36.4 Å². The highest BCUT2D eigenvalue weighted by Crippen LogP contribution is 2.32. The van der Waals surface area contributed by atoms with E-state index < -0.39 is 0 Å². The van der Waals surface area contributed by atoms with E-state index in [0.29, 0.717) is 63.8 Å². The van der Waals surface area contributed by atoms with E-state index in [1.165, 1.54) is 0 Å². The molecular weight excluding hydrogens is 533 g/mol. The summed E-state index contributed by atoms with van der Waals surface area (Å²) in [6, 6.07) is 22.9. The minimum absolute atomic E-state index is 0.0210. The molecule has 1 aliphatic heterocycles. The molecule has 2 amide bonds. The molecule has 2 heterocycles. The van der Waals surface area contributed by atoms with Crippen LogP contribution in [0.2, 0.25) is 15.1 Å². The van der Waals surface area contributed by atoms with Crippen molar-refractivity contribution in [1.29, 1.82) is 0 Å². The molecule has 0 unspecified atom stereocenters. The summed E-state index contributed by atoms with van der Waals surface area (Å²) in [4.78, 5) is 29.8. The van der Waals surface area contributed by atoms with Crippen LogP contribution in [-0.4, -0.2) is 42.9 Å². The van der Waals surface area contributed by atoms with Gasteiger partial charge in [0.15, 0.2) is 5.76 Å². The summed E-state index contributed by atoms with van der Waals surface area (Å²) in [5, 5.41) is 4.51. The molecule has 0 radical (unpaired) electrons. The van der Waals surface area contributed by atoms with Gasteiger partial charge in [0.1, 0.15) is 5.76 Å². The van der Waals surface area contributed by atoms with Gasteiger partial charge in [0.25, 0.3) is 11.8 Å². The first-order valence-corrected chi connectivity index (χ1v) is 12.8. The van der Waals surface area contributed by atoms with Gasteiger partial charge in [-0.25, -0.2) is 0 Å². The fourth-order valence-electron chi connectivity index (χ4n) is 4.26. The van der Waals surface area contributed by atoms with Gasteiger partial charge >= 0.3 is 0 Å². The van der Waals surface area contributed by atoms with E-state index in [4.69, 9.17) is 39.2 Å². The van der Waals surface area contributed by atoms with Gasteiger partial charge < -0.3 is 19.5 Å². The Hall–Kier alpha value is -3.45. The van der Waals surface area contributed by atoms with Crippen molar-refractivity contribution in [2.24, 2.45) is 0 Å². The molecule has 188 valence electrons. The molecule has 1 fully saturated rings. The van der Waals surface area contributed by atoms with E-state index in [9.17, 15) is 9.59 Å². The number of nitrogens with one attached hydrogen (secondary N) is 1. The van der Waals surface area contributed by atoms with Gasteiger partial charge in [-0.15, -0.1) is 0 Å². The molecule has 0 bridgehead atoms. The molecule has 4 aromatic rings. The molecule has 0 spiro atoms. The number of hydrogen-bond acceptors (Lipinski definition) is 4.